The first-order valence-corrected chi connectivity index (χ1v) is 12.6. The maximum atomic E-state index is 12.0. The highest BCUT2D eigenvalue weighted by atomic mass is 35.5. The summed E-state index contributed by atoms with van der Waals surface area (Å²) in [5, 5.41) is 32.4. The van der Waals surface area contributed by atoms with Gasteiger partial charge in [-0.2, -0.15) is 4.98 Å². The highest BCUT2D eigenvalue weighted by molar-refractivity contribution is 6.34. The molecule has 1 saturated heterocycles. The predicted molar refractivity (Wildman–Crippen MR) is 142 cm³/mol. The van der Waals surface area contributed by atoms with Gasteiger partial charge in [0, 0.05) is 18.2 Å². The Bertz CT molecular complexity index is 1370. The number of hydrogen-bond acceptors (Lipinski definition) is 11. The first kappa shape index (κ1) is 28.8. The zero-order chi connectivity index (χ0) is 28.6. The second-order valence-electron chi connectivity index (χ2n) is 10.3. The monoisotopic (exact) mass is 565 g/mol. The van der Waals surface area contributed by atoms with E-state index in [1.807, 2.05) is 20.8 Å². The molecule has 0 amide bonds. The van der Waals surface area contributed by atoms with Gasteiger partial charge in [0.2, 0.25) is 5.95 Å². The number of fused-ring (bicyclic) bond motifs is 1. The fourth-order valence-corrected chi connectivity index (χ4v) is 5.10. The molecule has 2 aromatic heterocycles. The van der Waals surface area contributed by atoms with Gasteiger partial charge in [-0.1, -0.05) is 32.4 Å². The number of aliphatic hydroxyl groups excluding tert-OH is 2. The fraction of sp³-hybridized carbons (Fsp3) is 0.520. The Labute approximate surface area is 229 Å². The molecule has 1 aliphatic rings. The van der Waals surface area contributed by atoms with Crippen LogP contribution in [-0.2, 0) is 16.1 Å². The number of benzene rings is 1. The number of aromatic nitrogens is 3. The summed E-state index contributed by atoms with van der Waals surface area (Å²) in [6, 6.07) is 2.87. The molecule has 3 heterocycles. The molecule has 2 unspecified atom stereocenters. The molecular formula is C25H32ClN5O8. The van der Waals surface area contributed by atoms with Gasteiger partial charge in [-0.25, -0.2) is 4.98 Å². The van der Waals surface area contributed by atoms with Crippen LogP contribution in [0.4, 0.5) is 11.6 Å². The molecule has 0 bridgehead atoms. The molecule has 1 aromatic carbocycles. The first-order valence-electron chi connectivity index (χ1n) is 12.2. The number of rotatable bonds is 9. The van der Waals surface area contributed by atoms with Crippen molar-refractivity contribution < 1.29 is 34.1 Å². The summed E-state index contributed by atoms with van der Waals surface area (Å²) in [5.74, 6) is 0.505. The van der Waals surface area contributed by atoms with Crippen molar-refractivity contribution in [2.75, 3.05) is 26.6 Å². The van der Waals surface area contributed by atoms with Crippen LogP contribution in [0.3, 0.4) is 0 Å². The van der Waals surface area contributed by atoms with Crippen molar-refractivity contribution in [1.82, 2.24) is 14.5 Å². The molecule has 13 nitrogen and oxygen atoms in total. The molecule has 0 aliphatic carbocycles. The van der Waals surface area contributed by atoms with Crippen molar-refractivity contribution in [3.63, 3.8) is 0 Å². The van der Waals surface area contributed by atoms with Crippen molar-refractivity contribution in [3.8, 4) is 11.5 Å². The van der Waals surface area contributed by atoms with Crippen LogP contribution in [0.1, 0.15) is 50.7 Å². The topological polar surface area (TPSA) is 177 Å². The minimum Gasteiger partial charge on any atom is -0.493 e. The number of hydrogen-bond donors (Lipinski definition) is 3. The molecule has 0 radical (unpaired) electrons. The Morgan fingerprint density at radius 3 is 2.51 bits per heavy atom. The summed E-state index contributed by atoms with van der Waals surface area (Å²) in [6.07, 6.45) is -1.11. The molecular weight excluding hydrogens is 534 g/mol. The molecule has 1 aliphatic heterocycles. The van der Waals surface area contributed by atoms with Gasteiger partial charge in [0.1, 0.15) is 23.1 Å². The third-order valence-electron chi connectivity index (χ3n) is 6.62. The molecule has 3 aromatic rings. The maximum absolute atomic E-state index is 12.0. The highest BCUT2D eigenvalue weighted by Gasteiger charge is 2.37. The Hall–Kier alpha value is -3.23. The number of halogens is 1. The van der Waals surface area contributed by atoms with E-state index in [4.69, 9.17) is 36.3 Å². The minimum absolute atomic E-state index is 0.0252. The van der Waals surface area contributed by atoms with Crippen molar-refractivity contribution in [1.29, 1.82) is 0 Å². The lowest BCUT2D eigenvalue weighted by molar-refractivity contribution is -0.386. The molecule has 0 spiro atoms. The van der Waals surface area contributed by atoms with Crippen LogP contribution in [0.25, 0.3) is 11.0 Å². The van der Waals surface area contributed by atoms with Crippen LogP contribution in [-0.4, -0.2) is 62.7 Å². The van der Waals surface area contributed by atoms with Gasteiger partial charge in [-0.05, 0) is 11.5 Å². The van der Waals surface area contributed by atoms with Gasteiger partial charge in [0.25, 0.3) is 5.69 Å². The number of nitrogen functional groups attached to an aromatic ring is 1. The Balaban J connectivity index is 1.77. The zero-order valence-electron chi connectivity index (χ0n) is 22.3. The molecule has 4 rings (SSSR count). The number of ether oxygens (including phenoxy) is 4. The van der Waals surface area contributed by atoms with Gasteiger partial charge >= 0.3 is 0 Å². The average Bonchev–Trinajstić information content (AvgIpc) is 3.42. The number of methoxy groups -OCH3 is 2. The maximum Gasteiger partial charge on any atom is 0.279 e. The van der Waals surface area contributed by atoms with Gasteiger partial charge in [-0.15, -0.1) is 0 Å². The quantitative estimate of drug-likeness (QED) is 0.196. The van der Waals surface area contributed by atoms with E-state index >= 15 is 0 Å². The molecule has 14 heteroatoms. The summed E-state index contributed by atoms with van der Waals surface area (Å²) in [6.45, 7) is 5.34. The summed E-state index contributed by atoms with van der Waals surface area (Å²) in [4.78, 5) is 20.0. The van der Waals surface area contributed by atoms with Crippen LogP contribution in [0.2, 0.25) is 5.15 Å². The largest absolute Gasteiger partial charge is 0.493 e. The number of anilines is 1. The SMILES string of the molecule is COc1cc(C(OCc2cn([C@H]3CC(O)[C@@H](CO)O3)c3nc(N)nc(Cl)c23)C(C)(C)C)c([N+](=O)[O-])cc1OC. The standard InChI is InChI=1S/C25H32ClN5O8/c1-25(2,3)21(13-6-16(36-4)17(37-5)7-14(13)31(34)35)38-11-12-9-30(19-8-15(33)18(10-32)39-19)23-20(12)22(26)28-24(27)29-23/h6-7,9,15,18-19,21,32-33H,8,10-11H2,1-5H3,(H2,27,28,29)/t15?,18-,19-,21?/m1/s1. The number of nitrogens with two attached hydrogens (primary N) is 1. The lowest BCUT2D eigenvalue weighted by Gasteiger charge is -2.31. The lowest BCUT2D eigenvalue weighted by Crippen LogP contribution is -2.24. The van der Waals surface area contributed by atoms with Crippen molar-refractivity contribution in [2.45, 2.75) is 58.3 Å². The molecule has 212 valence electrons. The molecule has 4 N–H and O–H groups in total. The fourth-order valence-electron chi connectivity index (χ4n) is 4.81. The third kappa shape index (κ3) is 5.58. The molecule has 1 fully saturated rings. The zero-order valence-corrected chi connectivity index (χ0v) is 23.0. The Morgan fingerprint density at radius 1 is 1.28 bits per heavy atom. The first-order chi connectivity index (χ1) is 18.4. The van der Waals surface area contributed by atoms with E-state index < -0.39 is 34.9 Å². The van der Waals surface area contributed by atoms with Crippen LogP contribution in [0, 0.1) is 15.5 Å². The van der Waals surface area contributed by atoms with Crippen LogP contribution < -0.4 is 15.2 Å². The molecule has 4 atom stereocenters. The Morgan fingerprint density at radius 2 is 1.95 bits per heavy atom. The number of nitrogens with zero attached hydrogens (tertiary/aromatic N) is 4. The number of nitro groups is 1. The van der Waals surface area contributed by atoms with E-state index in [9.17, 15) is 20.3 Å². The number of aliphatic hydroxyl groups is 2. The van der Waals surface area contributed by atoms with Crippen LogP contribution in [0.5, 0.6) is 11.5 Å². The smallest absolute Gasteiger partial charge is 0.279 e. The molecule has 0 saturated carbocycles. The van der Waals surface area contributed by atoms with E-state index in [1.165, 1.54) is 20.3 Å². The van der Waals surface area contributed by atoms with Crippen LogP contribution >= 0.6 is 11.6 Å². The predicted octanol–water partition coefficient (Wildman–Crippen LogP) is 3.54. The normalized spacial score (nSPS) is 20.4. The van der Waals surface area contributed by atoms with Gasteiger partial charge < -0.3 is 39.5 Å². The van der Waals surface area contributed by atoms with Crippen LogP contribution in [0.15, 0.2) is 18.3 Å². The second-order valence-corrected chi connectivity index (χ2v) is 10.7. The summed E-state index contributed by atoms with van der Waals surface area (Å²) < 4.78 is 24.5. The minimum atomic E-state index is -0.873. The summed E-state index contributed by atoms with van der Waals surface area (Å²) >= 11 is 6.48. The van der Waals surface area contributed by atoms with E-state index in [0.717, 1.165) is 0 Å². The van der Waals surface area contributed by atoms with Crippen molar-refractivity contribution in [2.24, 2.45) is 5.41 Å². The van der Waals surface area contributed by atoms with Crippen molar-refractivity contribution in [3.05, 3.63) is 44.7 Å². The average molecular weight is 566 g/mol. The molecule has 39 heavy (non-hydrogen) atoms. The van der Waals surface area contributed by atoms with E-state index in [2.05, 4.69) is 9.97 Å². The van der Waals surface area contributed by atoms with E-state index in [1.54, 1.807) is 16.8 Å². The summed E-state index contributed by atoms with van der Waals surface area (Å²) in [7, 11) is 2.86. The van der Waals surface area contributed by atoms with E-state index in [-0.39, 0.29) is 42.2 Å². The van der Waals surface area contributed by atoms with Gasteiger partial charge in [0.15, 0.2) is 11.5 Å². The summed E-state index contributed by atoms with van der Waals surface area (Å²) in [5.41, 5.74) is 6.37. The van der Waals surface area contributed by atoms with Gasteiger partial charge in [0.05, 0.1) is 61.6 Å². The third-order valence-corrected chi connectivity index (χ3v) is 6.90. The highest BCUT2D eigenvalue weighted by Crippen LogP contribution is 2.45. The van der Waals surface area contributed by atoms with Gasteiger partial charge in [-0.3, -0.25) is 10.1 Å². The lowest BCUT2D eigenvalue weighted by atomic mass is 9.83. The van der Waals surface area contributed by atoms with Crippen molar-refractivity contribution >= 4 is 34.3 Å². The Kier molecular flexibility index (Phi) is 8.19. The number of nitro benzene ring substituents is 1. The second kappa shape index (κ2) is 11.1. The van der Waals surface area contributed by atoms with E-state index in [0.29, 0.717) is 27.9 Å².